The number of rotatable bonds is 7. The van der Waals surface area contributed by atoms with Crippen LogP contribution in [0.3, 0.4) is 0 Å². The highest BCUT2D eigenvalue weighted by Crippen LogP contribution is 2.25. The number of methoxy groups -OCH3 is 1. The van der Waals surface area contributed by atoms with Gasteiger partial charge in [-0.2, -0.15) is 4.98 Å². The van der Waals surface area contributed by atoms with Crippen LogP contribution in [0.15, 0.2) is 59.2 Å². The summed E-state index contributed by atoms with van der Waals surface area (Å²) in [4.78, 5) is 33.0. The van der Waals surface area contributed by atoms with Crippen molar-refractivity contribution in [3.8, 4) is 17.3 Å². The number of ether oxygens (including phenoxy) is 1. The van der Waals surface area contributed by atoms with Gasteiger partial charge in [0.15, 0.2) is 5.82 Å². The molecule has 0 fully saturated rings. The summed E-state index contributed by atoms with van der Waals surface area (Å²) in [6.45, 7) is 6.27. The van der Waals surface area contributed by atoms with E-state index in [1.54, 1.807) is 30.5 Å². The predicted octanol–water partition coefficient (Wildman–Crippen LogP) is 4.64. The van der Waals surface area contributed by atoms with Crippen molar-refractivity contribution in [2.75, 3.05) is 7.11 Å². The Bertz CT molecular complexity index is 1140. The summed E-state index contributed by atoms with van der Waals surface area (Å²) < 4.78 is 5.85. The van der Waals surface area contributed by atoms with E-state index < -0.39 is 17.9 Å². The van der Waals surface area contributed by atoms with Crippen molar-refractivity contribution in [2.24, 2.45) is 0 Å². The molecule has 2 aromatic carbocycles. The van der Waals surface area contributed by atoms with Crippen molar-refractivity contribution in [2.45, 2.75) is 38.6 Å². The lowest BCUT2D eigenvalue weighted by Crippen LogP contribution is -2.42. The van der Waals surface area contributed by atoms with Crippen molar-refractivity contribution in [1.82, 2.24) is 15.3 Å². The lowest BCUT2D eigenvalue weighted by molar-refractivity contribution is -0.139. The summed E-state index contributed by atoms with van der Waals surface area (Å²) in [5.41, 5.74) is 3.02. The van der Waals surface area contributed by atoms with Crippen LogP contribution in [0.25, 0.3) is 11.4 Å². The van der Waals surface area contributed by atoms with Gasteiger partial charge in [0.1, 0.15) is 6.04 Å². The Morgan fingerprint density at radius 3 is 2.27 bits per heavy atom. The molecule has 0 bridgehead atoms. The number of benzene rings is 2. The molecule has 1 heterocycles. The van der Waals surface area contributed by atoms with Crippen LogP contribution in [-0.2, 0) is 16.6 Å². The zero-order valence-corrected chi connectivity index (χ0v) is 20.5. The largest absolute Gasteiger partial charge is 0.480 e. The molecule has 0 saturated heterocycles. The minimum absolute atomic E-state index is 0.0306. The number of carbonyl (C=O) groups excluding carboxylic acids is 1. The topological polar surface area (TPSA) is 101 Å². The van der Waals surface area contributed by atoms with Gasteiger partial charge in [0.2, 0.25) is 5.88 Å². The SMILES string of the molecule is COc1nc(-c2ccc(CC(NC(=O)c3ccc(C(C)(C)C)cc3)C(=O)O)cc2)ncc1Br. The minimum atomic E-state index is -1.10. The molecule has 0 aliphatic rings. The van der Waals surface area contributed by atoms with E-state index in [2.05, 4.69) is 52.0 Å². The molecule has 33 heavy (non-hydrogen) atoms. The smallest absolute Gasteiger partial charge is 0.326 e. The van der Waals surface area contributed by atoms with Crippen LogP contribution in [0.2, 0.25) is 0 Å². The first kappa shape index (κ1) is 24.4. The molecule has 1 atom stereocenters. The third-order valence-corrected chi connectivity index (χ3v) is 5.72. The van der Waals surface area contributed by atoms with E-state index in [0.717, 1.165) is 16.7 Å². The van der Waals surface area contributed by atoms with Gasteiger partial charge in [-0.3, -0.25) is 4.79 Å². The first-order chi connectivity index (χ1) is 15.6. The van der Waals surface area contributed by atoms with Crippen LogP contribution in [0, 0.1) is 0 Å². The number of nitrogens with one attached hydrogen (secondary N) is 1. The number of amides is 1. The maximum absolute atomic E-state index is 12.6. The van der Waals surface area contributed by atoms with Crippen molar-refractivity contribution < 1.29 is 19.4 Å². The second kappa shape index (κ2) is 10.1. The maximum Gasteiger partial charge on any atom is 0.326 e. The molecule has 1 amide bonds. The molecule has 0 saturated carbocycles. The number of aromatic nitrogens is 2. The fraction of sp³-hybridized carbons (Fsp3) is 0.280. The number of hydrogen-bond donors (Lipinski definition) is 2. The molecule has 172 valence electrons. The summed E-state index contributed by atoms with van der Waals surface area (Å²) >= 11 is 3.32. The number of carbonyl (C=O) groups is 2. The zero-order valence-electron chi connectivity index (χ0n) is 18.9. The van der Waals surface area contributed by atoms with E-state index in [1.165, 1.54) is 7.11 Å². The van der Waals surface area contributed by atoms with Gasteiger partial charge in [0.05, 0.1) is 11.6 Å². The van der Waals surface area contributed by atoms with Crippen molar-refractivity contribution in [3.05, 3.63) is 75.9 Å². The summed E-state index contributed by atoms with van der Waals surface area (Å²) in [6, 6.07) is 13.4. The van der Waals surface area contributed by atoms with Gasteiger partial charge in [-0.15, -0.1) is 0 Å². The molecular formula is C25H26BrN3O4. The molecule has 0 radical (unpaired) electrons. The summed E-state index contributed by atoms with van der Waals surface area (Å²) in [6.07, 6.45) is 1.76. The van der Waals surface area contributed by atoms with Gasteiger partial charge in [0, 0.05) is 23.7 Å². The van der Waals surface area contributed by atoms with E-state index in [1.807, 2.05) is 24.3 Å². The van der Waals surface area contributed by atoms with E-state index in [4.69, 9.17) is 4.74 Å². The van der Waals surface area contributed by atoms with Crippen LogP contribution in [0.1, 0.15) is 42.3 Å². The van der Waals surface area contributed by atoms with Gasteiger partial charge in [-0.1, -0.05) is 57.2 Å². The Labute approximate surface area is 201 Å². The first-order valence-electron chi connectivity index (χ1n) is 10.4. The lowest BCUT2D eigenvalue weighted by atomic mass is 9.86. The fourth-order valence-corrected chi connectivity index (χ4v) is 3.58. The number of halogens is 1. The standard InChI is InChI=1S/C25H26BrN3O4/c1-25(2,3)18-11-9-17(10-12-18)22(30)28-20(24(31)32)13-15-5-7-16(8-6-15)21-27-14-19(26)23(29-21)33-4/h5-12,14,20H,13H2,1-4H3,(H,28,30)(H,31,32). The molecule has 1 aromatic heterocycles. The molecule has 8 heteroatoms. The van der Waals surface area contributed by atoms with Crippen LogP contribution < -0.4 is 10.1 Å². The molecular weight excluding hydrogens is 486 g/mol. The zero-order chi connectivity index (χ0) is 24.2. The lowest BCUT2D eigenvalue weighted by Gasteiger charge is -2.19. The number of carboxylic acids is 1. The summed E-state index contributed by atoms with van der Waals surface area (Å²) in [5, 5.41) is 12.3. The monoisotopic (exact) mass is 511 g/mol. The molecule has 3 rings (SSSR count). The Kier molecular flexibility index (Phi) is 7.48. The Hall–Kier alpha value is -3.26. The van der Waals surface area contributed by atoms with Gasteiger partial charge in [0.25, 0.3) is 5.91 Å². The number of aliphatic carboxylic acids is 1. The molecule has 0 spiro atoms. The quantitative estimate of drug-likeness (QED) is 0.479. The molecule has 3 aromatic rings. The van der Waals surface area contributed by atoms with E-state index in [-0.39, 0.29) is 11.8 Å². The minimum Gasteiger partial charge on any atom is -0.480 e. The highest BCUT2D eigenvalue weighted by Gasteiger charge is 2.22. The van der Waals surface area contributed by atoms with Crippen molar-refractivity contribution >= 4 is 27.8 Å². The predicted molar refractivity (Wildman–Crippen MR) is 129 cm³/mol. The summed E-state index contributed by atoms with van der Waals surface area (Å²) in [7, 11) is 1.53. The highest BCUT2D eigenvalue weighted by molar-refractivity contribution is 9.10. The average molecular weight is 512 g/mol. The summed E-state index contributed by atoms with van der Waals surface area (Å²) in [5.74, 6) is -0.605. The van der Waals surface area contributed by atoms with Crippen LogP contribution in [0.4, 0.5) is 0 Å². The van der Waals surface area contributed by atoms with Gasteiger partial charge < -0.3 is 15.2 Å². The normalized spacial score (nSPS) is 12.2. The number of nitrogens with zero attached hydrogens (tertiary/aromatic N) is 2. The van der Waals surface area contributed by atoms with Crippen LogP contribution in [-0.4, -0.2) is 40.1 Å². The second-order valence-corrected chi connectivity index (χ2v) is 9.50. The number of hydrogen-bond acceptors (Lipinski definition) is 5. The van der Waals surface area contributed by atoms with Gasteiger partial charge >= 0.3 is 5.97 Å². The Balaban J connectivity index is 1.71. The first-order valence-corrected chi connectivity index (χ1v) is 11.2. The molecule has 1 unspecified atom stereocenters. The van der Waals surface area contributed by atoms with Crippen LogP contribution in [0.5, 0.6) is 5.88 Å². The van der Waals surface area contributed by atoms with E-state index in [9.17, 15) is 14.7 Å². The molecule has 0 aliphatic heterocycles. The van der Waals surface area contributed by atoms with Gasteiger partial charge in [-0.05, 0) is 44.6 Å². The third kappa shape index (κ3) is 6.16. The van der Waals surface area contributed by atoms with E-state index >= 15 is 0 Å². The average Bonchev–Trinajstić information content (AvgIpc) is 2.79. The fourth-order valence-electron chi connectivity index (χ4n) is 3.22. The third-order valence-electron chi connectivity index (χ3n) is 5.17. The van der Waals surface area contributed by atoms with E-state index in [0.29, 0.717) is 21.7 Å². The Morgan fingerprint density at radius 2 is 1.73 bits per heavy atom. The molecule has 0 aliphatic carbocycles. The van der Waals surface area contributed by atoms with Crippen LogP contribution >= 0.6 is 15.9 Å². The van der Waals surface area contributed by atoms with Crippen molar-refractivity contribution in [3.63, 3.8) is 0 Å². The van der Waals surface area contributed by atoms with Gasteiger partial charge in [-0.25, -0.2) is 9.78 Å². The molecule has 7 nitrogen and oxygen atoms in total. The molecule has 2 N–H and O–H groups in total. The van der Waals surface area contributed by atoms with Crippen molar-refractivity contribution in [1.29, 1.82) is 0 Å². The Morgan fingerprint density at radius 1 is 1.09 bits per heavy atom. The highest BCUT2D eigenvalue weighted by atomic mass is 79.9. The number of carboxylic acid groups (broad SMARTS) is 1. The second-order valence-electron chi connectivity index (χ2n) is 8.64. The maximum atomic E-state index is 12.6.